The van der Waals surface area contributed by atoms with Crippen molar-refractivity contribution in [2.45, 2.75) is 31.7 Å². The molecule has 1 amide bonds. The van der Waals surface area contributed by atoms with Crippen LogP contribution in [-0.4, -0.2) is 35.2 Å². The lowest BCUT2D eigenvalue weighted by Gasteiger charge is -2.23. The van der Waals surface area contributed by atoms with Gasteiger partial charge < -0.3 is 10.6 Å². The smallest absolute Gasteiger partial charge is 0.272 e. The zero-order chi connectivity index (χ0) is 15.4. The van der Waals surface area contributed by atoms with E-state index in [-0.39, 0.29) is 17.9 Å². The molecule has 1 saturated heterocycles. The second-order valence-electron chi connectivity index (χ2n) is 5.67. The number of hydrogen-bond acceptors (Lipinski definition) is 4. The molecule has 0 saturated carbocycles. The minimum Gasteiger partial charge on any atom is -0.354 e. The molecule has 3 rings (SSSR count). The van der Waals surface area contributed by atoms with Gasteiger partial charge in [-0.15, -0.1) is 0 Å². The summed E-state index contributed by atoms with van der Waals surface area (Å²) in [5.41, 5.74) is 0.371. The molecule has 1 aliphatic heterocycles. The van der Waals surface area contributed by atoms with Crippen molar-refractivity contribution in [2.75, 3.05) is 13.1 Å². The van der Waals surface area contributed by atoms with Gasteiger partial charge in [0.25, 0.3) is 5.56 Å². The van der Waals surface area contributed by atoms with Crippen LogP contribution < -0.4 is 16.2 Å². The highest BCUT2D eigenvalue weighted by Gasteiger charge is 2.15. The van der Waals surface area contributed by atoms with Crippen molar-refractivity contribution in [2.24, 2.45) is 0 Å². The van der Waals surface area contributed by atoms with E-state index in [1.807, 2.05) is 12.1 Å². The van der Waals surface area contributed by atoms with E-state index in [0.717, 1.165) is 18.4 Å². The number of amides is 1. The van der Waals surface area contributed by atoms with Crippen molar-refractivity contribution in [3.8, 4) is 0 Å². The molecule has 0 radical (unpaired) electrons. The van der Waals surface area contributed by atoms with Gasteiger partial charge >= 0.3 is 0 Å². The van der Waals surface area contributed by atoms with Crippen molar-refractivity contribution < 1.29 is 4.79 Å². The third kappa shape index (κ3) is 3.33. The van der Waals surface area contributed by atoms with Gasteiger partial charge in [0, 0.05) is 18.0 Å². The van der Waals surface area contributed by atoms with Crippen LogP contribution >= 0.6 is 0 Å². The van der Waals surface area contributed by atoms with E-state index in [4.69, 9.17) is 0 Å². The number of aromatic nitrogens is 2. The Balaban J connectivity index is 1.66. The Kier molecular flexibility index (Phi) is 4.48. The first-order chi connectivity index (χ1) is 10.7. The van der Waals surface area contributed by atoms with Crippen LogP contribution in [0.3, 0.4) is 0 Å². The lowest BCUT2D eigenvalue weighted by Crippen LogP contribution is -2.43. The average Bonchev–Trinajstić information content (AvgIpc) is 2.57. The quantitative estimate of drug-likeness (QED) is 0.776. The van der Waals surface area contributed by atoms with Gasteiger partial charge in [-0.25, -0.2) is 5.10 Å². The summed E-state index contributed by atoms with van der Waals surface area (Å²) in [7, 11) is 0. The maximum Gasteiger partial charge on any atom is 0.272 e. The zero-order valence-corrected chi connectivity index (χ0v) is 12.4. The Hall–Kier alpha value is -2.21. The summed E-state index contributed by atoms with van der Waals surface area (Å²) in [6.07, 6.45) is 3.68. The number of hydrogen-bond donors (Lipinski definition) is 3. The van der Waals surface area contributed by atoms with Crippen molar-refractivity contribution in [1.82, 2.24) is 20.8 Å². The minimum atomic E-state index is -0.230. The Morgan fingerprint density at radius 2 is 2.09 bits per heavy atom. The highest BCUT2D eigenvalue weighted by Crippen LogP contribution is 2.12. The number of rotatable bonds is 4. The Bertz CT molecular complexity index is 719. The summed E-state index contributed by atoms with van der Waals surface area (Å²) >= 11 is 0. The number of fused-ring (bicyclic) bond motifs is 1. The molecular formula is C16H20N4O2. The second kappa shape index (κ2) is 6.70. The number of piperidine rings is 1. The molecule has 6 heteroatoms. The van der Waals surface area contributed by atoms with Gasteiger partial charge in [0.05, 0.1) is 17.5 Å². The number of benzene rings is 1. The first-order valence-electron chi connectivity index (χ1n) is 7.70. The van der Waals surface area contributed by atoms with Crippen LogP contribution in [0, 0.1) is 0 Å². The molecule has 0 aliphatic carbocycles. The van der Waals surface area contributed by atoms with Crippen molar-refractivity contribution in [1.29, 1.82) is 0 Å². The van der Waals surface area contributed by atoms with Crippen LogP contribution in [0.15, 0.2) is 29.1 Å². The number of nitrogens with one attached hydrogen (secondary N) is 3. The number of nitrogens with zero attached hydrogens (tertiary/aromatic N) is 1. The molecule has 1 atom stereocenters. The van der Waals surface area contributed by atoms with Crippen molar-refractivity contribution in [3.63, 3.8) is 0 Å². The van der Waals surface area contributed by atoms with E-state index in [1.165, 1.54) is 12.8 Å². The molecule has 2 aromatic rings. The third-order valence-electron chi connectivity index (χ3n) is 4.06. The standard InChI is InChI=1S/C16H20N4O2/c21-15(18-10-11-5-3-4-8-17-11)9-14-12-6-1-2-7-13(12)16(22)20-19-14/h1-2,6-7,11,17H,3-5,8-10H2,(H,18,21)(H,20,22)/t11-/m1/s1. The molecule has 22 heavy (non-hydrogen) atoms. The normalized spacial score (nSPS) is 18.3. The summed E-state index contributed by atoms with van der Waals surface area (Å²) in [4.78, 5) is 23.8. The topological polar surface area (TPSA) is 86.9 Å². The van der Waals surface area contributed by atoms with Gasteiger partial charge in [-0.3, -0.25) is 9.59 Å². The summed E-state index contributed by atoms with van der Waals surface area (Å²) < 4.78 is 0. The molecule has 1 fully saturated rings. The Labute approximate surface area is 128 Å². The second-order valence-corrected chi connectivity index (χ2v) is 5.67. The minimum absolute atomic E-state index is 0.0722. The number of carbonyl (C=O) groups excluding carboxylic acids is 1. The van der Waals surface area contributed by atoms with Crippen LogP contribution in [0.2, 0.25) is 0 Å². The molecular weight excluding hydrogens is 280 g/mol. The molecule has 116 valence electrons. The number of aromatic amines is 1. The van der Waals surface area contributed by atoms with Gasteiger partial charge in [-0.05, 0) is 25.5 Å². The number of carbonyl (C=O) groups is 1. The molecule has 0 unspecified atom stereocenters. The van der Waals surface area contributed by atoms with Crippen LogP contribution in [0.5, 0.6) is 0 Å². The summed E-state index contributed by atoms with van der Waals surface area (Å²) in [6.45, 7) is 1.66. The fourth-order valence-electron chi connectivity index (χ4n) is 2.86. The van der Waals surface area contributed by atoms with Crippen LogP contribution in [0.25, 0.3) is 10.8 Å². The largest absolute Gasteiger partial charge is 0.354 e. The van der Waals surface area contributed by atoms with Crippen LogP contribution in [0.4, 0.5) is 0 Å². The van der Waals surface area contributed by atoms with E-state index >= 15 is 0 Å². The fraction of sp³-hybridized carbons (Fsp3) is 0.438. The zero-order valence-electron chi connectivity index (χ0n) is 12.4. The molecule has 1 aliphatic rings. The number of H-pyrrole nitrogens is 1. The Morgan fingerprint density at radius 3 is 2.86 bits per heavy atom. The van der Waals surface area contributed by atoms with E-state index in [9.17, 15) is 9.59 Å². The maximum absolute atomic E-state index is 12.1. The average molecular weight is 300 g/mol. The fourth-order valence-corrected chi connectivity index (χ4v) is 2.86. The van der Waals surface area contributed by atoms with Gasteiger partial charge in [0.2, 0.25) is 5.91 Å². The molecule has 1 aromatic carbocycles. The molecule has 0 bridgehead atoms. The van der Waals surface area contributed by atoms with Gasteiger partial charge in [0.1, 0.15) is 0 Å². The lowest BCUT2D eigenvalue weighted by atomic mass is 10.0. The molecule has 1 aromatic heterocycles. The SMILES string of the molecule is O=C(Cc1n[nH]c(=O)c2ccccc12)NC[C@H]1CCCCN1. The monoisotopic (exact) mass is 300 g/mol. The van der Waals surface area contributed by atoms with Crippen LogP contribution in [0.1, 0.15) is 25.0 Å². The van der Waals surface area contributed by atoms with E-state index in [1.54, 1.807) is 12.1 Å². The maximum atomic E-state index is 12.1. The van der Waals surface area contributed by atoms with Crippen LogP contribution in [-0.2, 0) is 11.2 Å². The molecule has 2 heterocycles. The summed E-state index contributed by atoms with van der Waals surface area (Å²) in [6, 6.07) is 7.57. The van der Waals surface area contributed by atoms with Gasteiger partial charge in [-0.1, -0.05) is 24.6 Å². The Morgan fingerprint density at radius 1 is 1.27 bits per heavy atom. The van der Waals surface area contributed by atoms with E-state index in [2.05, 4.69) is 20.8 Å². The van der Waals surface area contributed by atoms with Crippen molar-refractivity contribution >= 4 is 16.7 Å². The third-order valence-corrected chi connectivity index (χ3v) is 4.06. The molecule has 6 nitrogen and oxygen atoms in total. The van der Waals surface area contributed by atoms with Crippen molar-refractivity contribution in [3.05, 3.63) is 40.3 Å². The highest BCUT2D eigenvalue weighted by molar-refractivity contribution is 5.88. The molecule has 3 N–H and O–H groups in total. The lowest BCUT2D eigenvalue weighted by molar-refractivity contribution is -0.120. The summed E-state index contributed by atoms with van der Waals surface area (Å²) in [5.74, 6) is -0.0722. The first kappa shape index (κ1) is 14.7. The highest BCUT2D eigenvalue weighted by atomic mass is 16.1. The van der Waals surface area contributed by atoms with Gasteiger partial charge in [0.15, 0.2) is 0 Å². The van der Waals surface area contributed by atoms with E-state index in [0.29, 0.717) is 23.7 Å². The van der Waals surface area contributed by atoms with E-state index < -0.39 is 0 Å². The molecule has 0 spiro atoms. The first-order valence-corrected chi connectivity index (χ1v) is 7.70. The summed E-state index contributed by atoms with van der Waals surface area (Å²) in [5, 5.41) is 14.1. The predicted molar refractivity (Wildman–Crippen MR) is 84.7 cm³/mol. The predicted octanol–water partition coefficient (Wildman–Crippen LogP) is 0.724. The van der Waals surface area contributed by atoms with Gasteiger partial charge in [-0.2, -0.15) is 5.10 Å².